The van der Waals surface area contributed by atoms with Crippen LogP contribution in [0.15, 0.2) is 78.9 Å². The summed E-state index contributed by atoms with van der Waals surface area (Å²) in [6.07, 6.45) is 1.25. The Balaban J connectivity index is 1.91. The van der Waals surface area contributed by atoms with Gasteiger partial charge in [-0.3, -0.25) is 9.59 Å². The molecule has 0 bridgehead atoms. The molecule has 2 amide bonds. The summed E-state index contributed by atoms with van der Waals surface area (Å²) in [5.41, 5.74) is 4.14. The summed E-state index contributed by atoms with van der Waals surface area (Å²) in [5.74, 6) is 0.601. The maximum Gasteiger partial charge on any atom is 0.261 e. The number of para-hydroxylation sites is 1. The van der Waals surface area contributed by atoms with Gasteiger partial charge in [0.05, 0.1) is 0 Å². The SMILES string of the molecule is CCCNC(=O)C(Cc1ccccc1)N(Cc1cccc(C)c1)C(=O)COc1ccccc1C(C)C. The zero-order chi connectivity index (χ0) is 25.9. The van der Waals surface area contributed by atoms with Gasteiger partial charge in [-0.1, -0.05) is 99.1 Å². The lowest BCUT2D eigenvalue weighted by atomic mass is 10.0. The van der Waals surface area contributed by atoms with Gasteiger partial charge in [0.2, 0.25) is 5.91 Å². The highest BCUT2D eigenvalue weighted by atomic mass is 16.5. The molecule has 5 heteroatoms. The molecule has 0 aliphatic rings. The Morgan fingerprint density at radius 2 is 1.61 bits per heavy atom. The summed E-state index contributed by atoms with van der Waals surface area (Å²) in [5, 5.41) is 3.01. The standard InChI is InChI=1S/C31H38N2O3/c1-5-18-32-31(35)28(20-25-13-7-6-8-14-25)33(21-26-15-11-12-24(4)19-26)30(34)22-36-29-17-10-9-16-27(29)23(2)3/h6-17,19,23,28H,5,18,20-22H2,1-4H3,(H,32,35). The second-order valence-electron chi connectivity index (χ2n) is 9.49. The summed E-state index contributed by atoms with van der Waals surface area (Å²) in [7, 11) is 0. The first-order chi connectivity index (χ1) is 17.4. The van der Waals surface area contributed by atoms with Crippen LogP contribution in [-0.2, 0) is 22.6 Å². The van der Waals surface area contributed by atoms with Gasteiger partial charge in [0, 0.05) is 19.5 Å². The minimum Gasteiger partial charge on any atom is -0.483 e. The average molecular weight is 487 g/mol. The molecule has 0 fully saturated rings. The maximum absolute atomic E-state index is 13.7. The summed E-state index contributed by atoms with van der Waals surface area (Å²) in [4.78, 5) is 28.8. The molecule has 0 aliphatic heterocycles. The van der Waals surface area contributed by atoms with Crippen molar-refractivity contribution in [1.82, 2.24) is 10.2 Å². The largest absolute Gasteiger partial charge is 0.483 e. The van der Waals surface area contributed by atoms with Crippen molar-refractivity contribution in [2.45, 2.75) is 59.0 Å². The molecule has 1 unspecified atom stereocenters. The maximum atomic E-state index is 13.7. The van der Waals surface area contributed by atoms with Crippen LogP contribution < -0.4 is 10.1 Å². The summed E-state index contributed by atoms with van der Waals surface area (Å²) < 4.78 is 6.04. The number of hydrogen-bond acceptors (Lipinski definition) is 3. The summed E-state index contributed by atoms with van der Waals surface area (Å²) in [6.45, 7) is 8.99. The Morgan fingerprint density at radius 1 is 0.917 bits per heavy atom. The predicted molar refractivity (Wildman–Crippen MR) is 145 cm³/mol. The molecule has 36 heavy (non-hydrogen) atoms. The number of carbonyl (C=O) groups excluding carboxylic acids is 2. The summed E-state index contributed by atoms with van der Waals surface area (Å²) in [6, 6.07) is 25.0. The number of aryl methyl sites for hydroxylation is 1. The van der Waals surface area contributed by atoms with E-state index in [2.05, 4.69) is 25.2 Å². The van der Waals surface area contributed by atoms with Crippen LogP contribution in [0.25, 0.3) is 0 Å². The molecule has 3 aromatic rings. The van der Waals surface area contributed by atoms with E-state index in [0.717, 1.165) is 28.7 Å². The molecular weight excluding hydrogens is 448 g/mol. The van der Waals surface area contributed by atoms with Crippen LogP contribution in [-0.4, -0.2) is 35.9 Å². The van der Waals surface area contributed by atoms with Crippen molar-refractivity contribution in [2.75, 3.05) is 13.2 Å². The van der Waals surface area contributed by atoms with Gasteiger partial charge in [0.25, 0.3) is 5.91 Å². The van der Waals surface area contributed by atoms with Crippen LogP contribution in [0.1, 0.15) is 55.4 Å². The average Bonchev–Trinajstić information content (AvgIpc) is 2.88. The van der Waals surface area contributed by atoms with Crippen molar-refractivity contribution in [3.63, 3.8) is 0 Å². The Morgan fingerprint density at radius 3 is 2.31 bits per heavy atom. The third kappa shape index (κ3) is 7.70. The van der Waals surface area contributed by atoms with Gasteiger partial charge in [-0.25, -0.2) is 0 Å². The second-order valence-corrected chi connectivity index (χ2v) is 9.49. The highest BCUT2D eigenvalue weighted by molar-refractivity contribution is 5.88. The van der Waals surface area contributed by atoms with E-state index in [-0.39, 0.29) is 24.3 Å². The van der Waals surface area contributed by atoms with E-state index in [1.165, 1.54) is 0 Å². The predicted octanol–water partition coefficient (Wildman–Crippen LogP) is 5.66. The van der Waals surface area contributed by atoms with E-state index in [1.807, 2.05) is 86.6 Å². The normalized spacial score (nSPS) is 11.7. The number of amides is 2. The van der Waals surface area contributed by atoms with Crippen molar-refractivity contribution >= 4 is 11.8 Å². The molecule has 1 atom stereocenters. The Bertz CT molecular complexity index is 1130. The lowest BCUT2D eigenvalue weighted by molar-refractivity contribution is -0.142. The van der Waals surface area contributed by atoms with Gasteiger partial charge in [-0.15, -0.1) is 0 Å². The third-order valence-corrected chi connectivity index (χ3v) is 6.15. The van der Waals surface area contributed by atoms with Crippen molar-refractivity contribution < 1.29 is 14.3 Å². The minimum absolute atomic E-state index is 0.137. The monoisotopic (exact) mass is 486 g/mol. The first kappa shape index (κ1) is 27.0. The second kappa shape index (κ2) is 13.5. The molecule has 190 valence electrons. The zero-order valence-corrected chi connectivity index (χ0v) is 21.9. The molecule has 3 aromatic carbocycles. The first-order valence-corrected chi connectivity index (χ1v) is 12.8. The van der Waals surface area contributed by atoms with Gasteiger partial charge in [0.15, 0.2) is 6.61 Å². The van der Waals surface area contributed by atoms with Crippen molar-refractivity contribution in [1.29, 1.82) is 0 Å². The lowest BCUT2D eigenvalue weighted by Crippen LogP contribution is -2.51. The fourth-order valence-electron chi connectivity index (χ4n) is 4.24. The van der Waals surface area contributed by atoms with Crippen LogP contribution in [0.2, 0.25) is 0 Å². The third-order valence-electron chi connectivity index (χ3n) is 6.15. The fourth-order valence-corrected chi connectivity index (χ4v) is 4.24. The van der Waals surface area contributed by atoms with Crippen LogP contribution >= 0.6 is 0 Å². The van der Waals surface area contributed by atoms with Crippen LogP contribution in [0.4, 0.5) is 0 Å². The lowest BCUT2D eigenvalue weighted by Gasteiger charge is -2.31. The Kier molecular flexibility index (Phi) is 10.1. The van der Waals surface area contributed by atoms with E-state index in [9.17, 15) is 9.59 Å². The van der Waals surface area contributed by atoms with Crippen molar-refractivity contribution in [3.05, 3.63) is 101 Å². The smallest absolute Gasteiger partial charge is 0.261 e. The first-order valence-electron chi connectivity index (χ1n) is 12.8. The molecule has 1 N–H and O–H groups in total. The minimum atomic E-state index is -0.657. The molecule has 0 spiro atoms. The van der Waals surface area contributed by atoms with E-state index in [4.69, 9.17) is 4.74 Å². The van der Waals surface area contributed by atoms with Gasteiger partial charge in [0.1, 0.15) is 11.8 Å². The van der Waals surface area contributed by atoms with Gasteiger partial charge < -0.3 is 15.0 Å². The van der Waals surface area contributed by atoms with E-state index in [0.29, 0.717) is 25.3 Å². The zero-order valence-electron chi connectivity index (χ0n) is 21.9. The number of nitrogens with zero attached hydrogens (tertiary/aromatic N) is 1. The fraction of sp³-hybridized carbons (Fsp3) is 0.355. The van der Waals surface area contributed by atoms with Gasteiger partial charge >= 0.3 is 0 Å². The number of nitrogens with one attached hydrogen (secondary N) is 1. The molecule has 5 nitrogen and oxygen atoms in total. The number of benzene rings is 3. The molecule has 0 heterocycles. The quantitative estimate of drug-likeness (QED) is 0.359. The topological polar surface area (TPSA) is 58.6 Å². The molecule has 0 saturated carbocycles. The van der Waals surface area contributed by atoms with Crippen molar-refractivity contribution in [2.24, 2.45) is 0 Å². The number of ether oxygens (including phenoxy) is 1. The number of rotatable bonds is 12. The Hall–Kier alpha value is -3.60. The number of hydrogen-bond donors (Lipinski definition) is 1. The molecule has 0 aromatic heterocycles. The highest BCUT2D eigenvalue weighted by Gasteiger charge is 2.30. The van der Waals surface area contributed by atoms with E-state index in [1.54, 1.807) is 4.90 Å². The van der Waals surface area contributed by atoms with E-state index < -0.39 is 6.04 Å². The molecule has 0 radical (unpaired) electrons. The molecular formula is C31H38N2O3. The highest BCUT2D eigenvalue weighted by Crippen LogP contribution is 2.26. The van der Waals surface area contributed by atoms with E-state index >= 15 is 0 Å². The summed E-state index contributed by atoms with van der Waals surface area (Å²) >= 11 is 0. The van der Waals surface area contributed by atoms with Crippen molar-refractivity contribution in [3.8, 4) is 5.75 Å². The molecule has 0 aliphatic carbocycles. The Labute approximate surface area is 215 Å². The van der Waals surface area contributed by atoms with Crippen LogP contribution in [0, 0.1) is 6.92 Å². The van der Waals surface area contributed by atoms with Crippen LogP contribution in [0.3, 0.4) is 0 Å². The molecule has 3 rings (SSSR count). The number of carbonyl (C=O) groups is 2. The van der Waals surface area contributed by atoms with Crippen LogP contribution in [0.5, 0.6) is 5.75 Å². The molecule has 0 saturated heterocycles. The van der Waals surface area contributed by atoms with Gasteiger partial charge in [-0.2, -0.15) is 0 Å². The van der Waals surface area contributed by atoms with Gasteiger partial charge in [-0.05, 0) is 42.0 Å².